The van der Waals surface area contributed by atoms with Crippen LogP contribution >= 0.6 is 11.3 Å². The minimum absolute atomic E-state index is 0.0247. The fraction of sp³-hybridized carbons (Fsp3) is 0.543. The van der Waals surface area contributed by atoms with E-state index >= 15 is 4.39 Å². The fourth-order valence-electron chi connectivity index (χ4n) is 8.79. The van der Waals surface area contributed by atoms with Gasteiger partial charge in [-0.1, -0.05) is 0 Å². The topological polar surface area (TPSA) is 137 Å². The zero-order valence-electron chi connectivity index (χ0n) is 28.0. The summed E-state index contributed by atoms with van der Waals surface area (Å²) >= 11 is 0.935. The van der Waals surface area contributed by atoms with E-state index in [1.54, 1.807) is 6.92 Å². The average molecular weight is 709 g/mol. The number of ether oxygens (including phenoxy) is 2. The number of fused-ring (bicyclic) bond motifs is 7. The van der Waals surface area contributed by atoms with E-state index in [1.165, 1.54) is 20.0 Å². The molecule has 264 valence electrons. The Morgan fingerprint density at radius 1 is 1.12 bits per heavy atom. The molecule has 0 aliphatic carbocycles. The summed E-state index contributed by atoms with van der Waals surface area (Å²) in [5, 5.41) is 20.7. The molecule has 4 aromatic rings. The van der Waals surface area contributed by atoms with Gasteiger partial charge in [0.05, 0.1) is 54.0 Å². The molecule has 5 atom stereocenters. The Hall–Kier alpha value is -3.81. The van der Waals surface area contributed by atoms with Gasteiger partial charge >= 0.3 is 6.01 Å². The third-order valence-electron chi connectivity index (χ3n) is 10.8. The van der Waals surface area contributed by atoms with Gasteiger partial charge in [-0.3, -0.25) is 14.8 Å². The van der Waals surface area contributed by atoms with Crippen molar-refractivity contribution in [3.8, 4) is 23.3 Å². The number of nitrogens with two attached hydrogens (primary N) is 1. The number of halogens is 3. The third-order valence-corrected chi connectivity index (χ3v) is 11.8. The van der Waals surface area contributed by atoms with E-state index in [0.717, 1.165) is 62.0 Å². The Bertz CT molecular complexity index is 2000. The molecule has 5 aliphatic rings. The molecule has 50 heavy (non-hydrogen) atoms. The Morgan fingerprint density at radius 2 is 1.88 bits per heavy atom. The highest BCUT2D eigenvalue weighted by molar-refractivity contribution is 7.23. The van der Waals surface area contributed by atoms with Crippen LogP contribution in [0.2, 0.25) is 0 Å². The van der Waals surface area contributed by atoms with Gasteiger partial charge in [-0.15, -0.1) is 11.3 Å². The quantitative estimate of drug-likeness (QED) is 0.293. The molecule has 4 fully saturated rings. The van der Waals surface area contributed by atoms with Crippen molar-refractivity contribution >= 4 is 43.1 Å². The Kier molecular flexibility index (Phi) is 8.71. The average Bonchev–Trinajstić information content (AvgIpc) is 3.91. The number of rotatable bonds is 5. The Labute approximate surface area is 291 Å². The molecule has 0 spiro atoms. The molecule has 1 aromatic carbocycles. The van der Waals surface area contributed by atoms with Crippen molar-refractivity contribution in [2.45, 2.75) is 82.6 Å². The monoisotopic (exact) mass is 708 g/mol. The SMILES string of the molecule is COc1nc(N2C3CCC2CN(CC(C)O)C3)c2c3c(c(-c4ncc(F)c5sc(N)c(C#N)c45)c(F)c2n1)COC3.FC1CC2CCCN2C1. The first kappa shape index (κ1) is 33.3. The number of thiophene rings is 1. The minimum atomic E-state index is -0.666. The lowest BCUT2D eigenvalue weighted by molar-refractivity contribution is 0.111. The van der Waals surface area contributed by atoms with Crippen LogP contribution in [0.25, 0.3) is 32.2 Å². The number of piperazine rings is 1. The van der Waals surface area contributed by atoms with E-state index in [4.69, 9.17) is 20.2 Å². The predicted molar refractivity (Wildman–Crippen MR) is 184 cm³/mol. The number of nitriles is 1. The van der Waals surface area contributed by atoms with Crippen LogP contribution in [0.5, 0.6) is 6.01 Å². The number of pyridine rings is 1. The number of hydrogen-bond donors (Lipinski definition) is 2. The van der Waals surface area contributed by atoms with Crippen LogP contribution < -0.4 is 15.4 Å². The zero-order valence-corrected chi connectivity index (χ0v) is 28.8. The molecular formula is C35H39F3N8O3S. The number of aliphatic hydroxyl groups excluding tert-OH is 1. The number of nitrogens with zero attached hydrogens (tertiary/aromatic N) is 7. The molecule has 8 heterocycles. The standard InChI is InChI=1S/C28H27F2N7O3S.C7H12FN/c1-12(38)7-36-8-13-3-4-14(9-36)37(13)27-21-17-11-40-10-16(17)19(22(30)24(21)34-28(35-27)39-2)23-20-15(5-31)26(32)41-25(20)18(29)6-33-23;8-6-4-7-2-1-3-9(7)5-6/h6,12-14,38H,3-4,7-11,32H2,1-2H3;6-7H,1-5H2. The van der Waals surface area contributed by atoms with Gasteiger partial charge in [0, 0.05) is 55.3 Å². The summed E-state index contributed by atoms with van der Waals surface area (Å²) in [5.74, 6) is -0.703. The van der Waals surface area contributed by atoms with Gasteiger partial charge in [0.1, 0.15) is 28.6 Å². The fourth-order valence-corrected chi connectivity index (χ4v) is 9.71. The molecule has 3 N–H and O–H groups in total. The number of nitrogen functional groups attached to an aromatic ring is 1. The van der Waals surface area contributed by atoms with Crippen LogP contribution in [0.1, 0.15) is 55.7 Å². The molecular weight excluding hydrogens is 669 g/mol. The number of methoxy groups -OCH3 is 1. The molecule has 3 aromatic heterocycles. The summed E-state index contributed by atoms with van der Waals surface area (Å²) in [6.07, 6.45) is 5.30. The van der Waals surface area contributed by atoms with E-state index in [9.17, 15) is 19.1 Å². The van der Waals surface area contributed by atoms with E-state index in [-0.39, 0.29) is 68.7 Å². The first-order valence-corrected chi connectivity index (χ1v) is 18.0. The van der Waals surface area contributed by atoms with Crippen molar-refractivity contribution in [3.63, 3.8) is 0 Å². The number of aliphatic hydroxyl groups is 1. The van der Waals surface area contributed by atoms with Gasteiger partial charge < -0.3 is 25.2 Å². The number of β-amino-alcohol motifs (C(OH)–C–C–N with tert-alkyl or cyclic N) is 1. The van der Waals surface area contributed by atoms with Crippen LogP contribution in [0.15, 0.2) is 6.20 Å². The molecule has 0 radical (unpaired) electrons. The lowest BCUT2D eigenvalue weighted by atomic mass is 9.93. The van der Waals surface area contributed by atoms with Gasteiger partial charge in [-0.05, 0) is 56.7 Å². The van der Waals surface area contributed by atoms with Crippen LogP contribution in [0, 0.1) is 23.0 Å². The summed E-state index contributed by atoms with van der Waals surface area (Å²) in [4.78, 5) is 20.3. The molecule has 4 saturated heterocycles. The van der Waals surface area contributed by atoms with Crippen LogP contribution in [0.3, 0.4) is 0 Å². The minimum Gasteiger partial charge on any atom is -0.467 e. The second-order valence-electron chi connectivity index (χ2n) is 14.0. The lowest BCUT2D eigenvalue weighted by Crippen LogP contribution is -2.55. The van der Waals surface area contributed by atoms with E-state index in [1.807, 2.05) is 6.07 Å². The highest BCUT2D eigenvalue weighted by atomic mass is 32.1. The molecule has 2 bridgehead atoms. The molecule has 9 rings (SSSR count). The van der Waals surface area contributed by atoms with Crippen LogP contribution in [-0.4, -0.2) is 100 Å². The van der Waals surface area contributed by atoms with E-state index in [2.05, 4.69) is 24.7 Å². The number of aromatic nitrogens is 3. The van der Waals surface area contributed by atoms with Crippen molar-refractivity contribution in [1.82, 2.24) is 24.8 Å². The second-order valence-corrected chi connectivity index (χ2v) is 15.0. The largest absolute Gasteiger partial charge is 0.467 e. The van der Waals surface area contributed by atoms with E-state index < -0.39 is 23.9 Å². The maximum absolute atomic E-state index is 16.9. The van der Waals surface area contributed by atoms with Gasteiger partial charge in [-0.2, -0.15) is 15.2 Å². The summed E-state index contributed by atoms with van der Waals surface area (Å²) in [6.45, 7) is 6.06. The van der Waals surface area contributed by atoms with Crippen molar-refractivity contribution < 1.29 is 27.8 Å². The van der Waals surface area contributed by atoms with Crippen LogP contribution in [-0.2, 0) is 18.0 Å². The van der Waals surface area contributed by atoms with Crippen molar-refractivity contribution in [1.29, 1.82) is 5.26 Å². The molecule has 5 unspecified atom stereocenters. The molecule has 5 aliphatic heterocycles. The molecule has 0 amide bonds. The van der Waals surface area contributed by atoms with Gasteiger partial charge in [0.25, 0.3) is 0 Å². The highest BCUT2D eigenvalue weighted by Gasteiger charge is 2.43. The Morgan fingerprint density at radius 3 is 2.58 bits per heavy atom. The molecule has 0 saturated carbocycles. The Balaban J connectivity index is 0.000000346. The normalized spacial score (nSPS) is 25.1. The zero-order chi connectivity index (χ0) is 34.8. The lowest BCUT2D eigenvalue weighted by Gasteiger charge is -2.42. The maximum atomic E-state index is 16.9. The summed E-state index contributed by atoms with van der Waals surface area (Å²) < 4.78 is 55.7. The number of likely N-dealkylation sites (tertiary alicyclic amines) is 1. The summed E-state index contributed by atoms with van der Waals surface area (Å²) in [6, 6.07) is 2.92. The van der Waals surface area contributed by atoms with Crippen LogP contribution in [0.4, 0.5) is 24.0 Å². The predicted octanol–water partition coefficient (Wildman–Crippen LogP) is 4.90. The number of anilines is 2. The molecule has 15 heteroatoms. The summed E-state index contributed by atoms with van der Waals surface area (Å²) in [7, 11) is 1.44. The number of hydrogen-bond acceptors (Lipinski definition) is 12. The first-order chi connectivity index (χ1) is 24.2. The number of alkyl halides is 1. The van der Waals surface area contributed by atoms with Gasteiger partial charge in [0.15, 0.2) is 11.6 Å². The second kappa shape index (κ2) is 13.1. The van der Waals surface area contributed by atoms with Crippen molar-refractivity contribution in [2.24, 2.45) is 0 Å². The maximum Gasteiger partial charge on any atom is 0.318 e. The number of benzene rings is 1. The highest BCUT2D eigenvalue weighted by Crippen LogP contribution is 2.48. The van der Waals surface area contributed by atoms with Crippen molar-refractivity contribution in [3.05, 3.63) is 34.5 Å². The summed E-state index contributed by atoms with van der Waals surface area (Å²) in [5.41, 5.74) is 7.71. The smallest absolute Gasteiger partial charge is 0.318 e. The van der Waals surface area contributed by atoms with Gasteiger partial charge in [-0.25, -0.2) is 13.2 Å². The third kappa shape index (κ3) is 5.52. The van der Waals surface area contributed by atoms with Crippen molar-refractivity contribution in [2.75, 3.05) is 50.5 Å². The first-order valence-electron chi connectivity index (χ1n) is 17.2. The van der Waals surface area contributed by atoms with Gasteiger partial charge in [0.2, 0.25) is 0 Å². The van der Waals surface area contributed by atoms with E-state index in [0.29, 0.717) is 35.9 Å². The molecule has 11 nitrogen and oxygen atoms in total.